The number of aromatic nitrogens is 1. The fourth-order valence-electron chi connectivity index (χ4n) is 6.67. The third kappa shape index (κ3) is 5.08. The van der Waals surface area contributed by atoms with Crippen LogP contribution < -0.4 is 10.2 Å². The van der Waals surface area contributed by atoms with E-state index in [1.807, 2.05) is 15.9 Å². The number of hydrogen-bond acceptors (Lipinski definition) is 7. The zero-order valence-corrected chi connectivity index (χ0v) is 22.5. The van der Waals surface area contributed by atoms with Crippen LogP contribution >= 0.6 is 0 Å². The minimum atomic E-state index is -4.44. The fraction of sp³-hybridized carbons (Fsp3) is 0.667. The van der Waals surface area contributed by atoms with E-state index in [0.29, 0.717) is 52.2 Å². The summed E-state index contributed by atoms with van der Waals surface area (Å²) < 4.78 is 50.6. The summed E-state index contributed by atoms with van der Waals surface area (Å²) in [5, 5.41) is 3.65. The summed E-state index contributed by atoms with van der Waals surface area (Å²) in [7, 11) is 1.63. The summed E-state index contributed by atoms with van der Waals surface area (Å²) in [5.41, 5.74) is -1.38. The number of nitrogens with zero attached hydrogens (tertiary/aromatic N) is 4. The molecule has 214 valence electrons. The number of carbonyl (C=O) groups excluding carboxylic acids is 2. The van der Waals surface area contributed by atoms with Gasteiger partial charge in [0.2, 0.25) is 5.91 Å². The quantitative estimate of drug-likeness (QED) is 0.564. The molecule has 3 saturated heterocycles. The van der Waals surface area contributed by atoms with Gasteiger partial charge in [-0.25, -0.2) is 9.78 Å². The van der Waals surface area contributed by atoms with Crippen molar-refractivity contribution in [2.75, 3.05) is 51.3 Å². The van der Waals surface area contributed by atoms with Gasteiger partial charge in [0.05, 0.1) is 36.3 Å². The van der Waals surface area contributed by atoms with Crippen LogP contribution in [0, 0.1) is 11.3 Å². The predicted octanol–water partition coefficient (Wildman–Crippen LogP) is 2.92. The van der Waals surface area contributed by atoms with Crippen molar-refractivity contribution < 1.29 is 32.2 Å². The largest absolute Gasteiger partial charge is 0.450 e. The number of halogens is 3. The van der Waals surface area contributed by atoms with Gasteiger partial charge in [0.25, 0.3) is 0 Å². The second kappa shape index (κ2) is 10.6. The second-order valence-electron chi connectivity index (χ2n) is 10.9. The van der Waals surface area contributed by atoms with Crippen molar-refractivity contribution in [2.24, 2.45) is 11.3 Å². The molecular formula is C27H36F3N5O4. The maximum Gasteiger partial charge on any atom is 0.416 e. The lowest BCUT2D eigenvalue weighted by Gasteiger charge is -2.39. The lowest BCUT2D eigenvalue weighted by Crippen LogP contribution is -2.56. The normalized spacial score (nSPS) is 32.7. The molecule has 0 radical (unpaired) electrons. The Kier molecular flexibility index (Phi) is 7.53. The number of nitrogens with one attached hydrogen (secondary N) is 1. The van der Waals surface area contributed by atoms with Crippen LogP contribution in [-0.4, -0.2) is 97.5 Å². The smallest absolute Gasteiger partial charge is 0.416 e. The maximum atomic E-state index is 13.7. The maximum absolute atomic E-state index is 13.7. The molecule has 4 unspecified atom stereocenters. The molecule has 2 amide bonds. The highest BCUT2D eigenvalue weighted by Gasteiger charge is 2.59. The van der Waals surface area contributed by atoms with Gasteiger partial charge in [-0.15, -0.1) is 0 Å². The highest BCUT2D eigenvalue weighted by Crippen LogP contribution is 2.50. The Morgan fingerprint density at radius 2 is 2.05 bits per heavy atom. The average molecular weight is 552 g/mol. The van der Waals surface area contributed by atoms with Gasteiger partial charge in [-0.2, -0.15) is 13.2 Å². The number of amides is 2. The number of anilines is 1. The first kappa shape index (κ1) is 27.7. The van der Waals surface area contributed by atoms with Crippen molar-refractivity contribution in [3.63, 3.8) is 0 Å². The Morgan fingerprint density at radius 3 is 2.77 bits per heavy atom. The predicted molar refractivity (Wildman–Crippen MR) is 137 cm³/mol. The lowest BCUT2D eigenvalue weighted by molar-refractivity contribution is -0.137. The van der Waals surface area contributed by atoms with Crippen molar-refractivity contribution in [1.82, 2.24) is 20.1 Å². The van der Waals surface area contributed by atoms with Gasteiger partial charge < -0.3 is 29.5 Å². The summed E-state index contributed by atoms with van der Waals surface area (Å²) in [5.74, 6) is 0.342. The molecule has 1 aromatic rings. The molecule has 0 aromatic carbocycles. The summed E-state index contributed by atoms with van der Waals surface area (Å²) >= 11 is 0. The topological polar surface area (TPSA) is 87.2 Å². The standard InChI is InChI=1S/C27H36F3N5O4/c1-4-39-25(37)34-10-7-20(22(16-34)38-3)32-19-5-8-26(14-19)17(2)21-15-33(11-12-35(21)24(26)36)23-13-18(6-9-31-23)27(28,29)30/h5-6,8-9,13,17,19-22,32H,4,7,10-12,14-16H2,1-3H3/t17?,19-,20?,21?,22?,26+/m1/s1. The molecule has 1 spiro atoms. The molecule has 1 N–H and O–H groups in total. The monoisotopic (exact) mass is 551 g/mol. The minimum absolute atomic E-state index is 0.0161. The van der Waals surface area contributed by atoms with Gasteiger partial charge in [0.1, 0.15) is 5.82 Å². The van der Waals surface area contributed by atoms with E-state index in [9.17, 15) is 22.8 Å². The molecule has 3 aliphatic heterocycles. The average Bonchev–Trinajstić information content (AvgIpc) is 3.44. The molecule has 4 heterocycles. The van der Waals surface area contributed by atoms with Crippen LogP contribution in [0.4, 0.5) is 23.8 Å². The van der Waals surface area contributed by atoms with E-state index in [-0.39, 0.29) is 48.0 Å². The van der Waals surface area contributed by atoms with Gasteiger partial charge in [0, 0.05) is 51.6 Å². The Hall–Kier alpha value is -2.86. The number of pyridine rings is 1. The SMILES string of the molecule is CCOC(=O)N1CCC(N[C@@H]2C=C[C@@]3(C2)C(=O)N2CCN(c4cc(C(F)(F)F)ccn4)CC2C3C)C(OC)C1. The van der Waals surface area contributed by atoms with Crippen molar-refractivity contribution in [1.29, 1.82) is 0 Å². The third-order valence-electron chi connectivity index (χ3n) is 8.86. The van der Waals surface area contributed by atoms with E-state index in [2.05, 4.69) is 23.3 Å². The van der Waals surface area contributed by atoms with E-state index in [1.165, 1.54) is 6.20 Å². The molecule has 6 atom stereocenters. The van der Waals surface area contributed by atoms with Crippen LogP contribution in [0.5, 0.6) is 0 Å². The Morgan fingerprint density at radius 1 is 1.26 bits per heavy atom. The Balaban J connectivity index is 1.24. The lowest BCUT2D eigenvalue weighted by atomic mass is 9.75. The number of carbonyl (C=O) groups is 2. The van der Waals surface area contributed by atoms with E-state index in [1.54, 1.807) is 18.9 Å². The van der Waals surface area contributed by atoms with E-state index < -0.39 is 17.2 Å². The third-order valence-corrected chi connectivity index (χ3v) is 8.86. The van der Waals surface area contributed by atoms with Crippen LogP contribution in [-0.2, 0) is 20.4 Å². The minimum Gasteiger partial charge on any atom is -0.450 e. The first-order chi connectivity index (χ1) is 18.6. The van der Waals surface area contributed by atoms with Gasteiger partial charge in [-0.3, -0.25) is 4.79 Å². The molecule has 4 aliphatic rings. The van der Waals surface area contributed by atoms with Gasteiger partial charge >= 0.3 is 12.3 Å². The van der Waals surface area contributed by atoms with Crippen LogP contribution in [0.15, 0.2) is 30.5 Å². The number of likely N-dealkylation sites (tertiary alicyclic amines) is 1. The van der Waals surface area contributed by atoms with Crippen LogP contribution in [0.25, 0.3) is 0 Å². The number of piperidine rings is 1. The van der Waals surface area contributed by atoms with Crippen LogP contribution in [0.3, 0.4) is 0 Å². The first-order valence-corrected chi connectivity index (χ1v) is 13.6. The van der Waals surface area contributed by atoms with E-state index in [4.69, 9.17) is 9.47 Å². The zero-order chi connectivity index (χ0) is 27.9. The molecule has 3 fully saturated rings. The number of alkyl halides is 3. The van der Waals surface area contributed by atoms with Gasteiger partial charge in [-0.1, -0.05) is 19.1 Å². The summed E-state index contributed by atoms with van der Waals surface area (Å²) in [6.07, 6.45) is 1.60. The number of hydrogen-bond donors (Lipinski definition) is 1. The molecule has 0 bridgehead atoms. The van der Waals surface area contributed by atoms with Crippen molar-refractivity contribution in [3.05, 3.63) is 36.0 Å². The van der Waals surface area contributed by atoms with Crippen LogP contribution in [0.2, 0.25) is 0 Å². The summed E-state index contributed by atoms with van der Waals surface area (Å²) in [6.45, 7) is 6.46. The van der Waals surface area contributed by atoms with Crippen molar-refractivity contribution >= 4 is 17.8 Å². The first-order valence-electron chi connectivity index (χ1n) is 13.6. The number of fused-ring (bicyclic) bond motifs is 1. The molecule has 0 saturated carbocycles. The van der Waals surface area contributed by atoms with E-state index >= 15 is 0 Å². The van der Waals surface area contributed by atoms with Gasteiger partial charge in [0.15, 0.2) is 0 Å². The fourth-order valence-corrected chi connectivity index (χ4v) is 6.67. The highest BCUT2D eigenvalue weighted by molar-refractivity contribution is 5.89. The Labute approximate surface area is 226 Å². The highest BCUT2D eigenvalue weighted by atomic mass is 19.4. The number of rotatable bonds is 5. The number of ether oxygens (including phenoxy) is 2. The molecule has 1 aliphatic carbocycles. The number of methoxy groups -OCH3 is 1. The zero-order valence-electron chi connectivity index (χ0n) is 22.5. The summed E-state index contributed by atoms with van der Waals surface area (Å²) in [6, 6.07) is 1.92. The second-order valence-corrected chi connectivity index (χ2v) is 10.9. The molecular weight excluding hydrogens is 515 g/mol. The Bertz CT molecular complexity index is 1120. The van der Waals surface area contributed by atoms with Crippen molar-refractivity contribution in [3.8, 4) is 0 Å². The molecule has 5 rings (SSSR count). The van der Waals surface area contributed by atoms with Crippen molar-refractivity contribution in [2.45, 2.75) is 57.1 Å². The molecule has 9 nitrogen and oxygen atoms in total. The molecule has 12 heteroatoms. The summed E-state index contributed by atoms with van der Waals surface area (Å²) in [4.78, 5) is 35.5. The molecule has 39 heavy (non-hydrogen) atoms. The molecule has 1 aromatic heterocycles. The van der Waals surface area contributed by atoms with E-state index in [0.717, 1.165) is 12.1 Å². The van der Waals surface area contributed by atoms with Gasteiger partial charge in [-0.05, 0) is 37.8 Å². The van der Waals surface area contributed by atoms with Crippen LogP contribution in [0.1, 0.15) is 32.3 Å². The number of piperazine rings is 1.